The van der Waals surface area contributed by atoms with E-state index in [-0.39, 0.29) is 18.9 Å². The van der Waals surface area contributed by atoms with E-state index >= 15 is 0 Å². The Balaban J connectivity index is 1.59. The van der Waals surface area contributed by atoms with Gasteiger partial charge in [0.25, 0.3) is 5.91 Å². The van der Waals surface area contributed by atoms with Crippen LogP contribution < -0.4 is 5.32 Å². The first-order valence-electron chi connectivity index (χ1n) is 7.77. The summed E-state index contributed by atoms with van der Waals surface area (Å²) < 4.78 is 47.0. The topological polar surface area (TPSA) is 68.0 Å². The number of hydrogen-bond donors (Lipinski definition) is 1. The Bertz CT molecular complexity index is 897. The quantitative estimate of drug-likeness (QED) is 0.731. The largest absolute Gasteiger partial charge is 0.421 e. The van der Waals surface area contributed by atoms with Crippen LogP contribution in [0.1, 0.15) is 11.5 Å². The molecule has 0 unspecified atom stereocenters. The minimum absolute atomic E-state index is 0.0684. The standard InChI is InChI=1S/C18H14F3N3O2/c19-14-9-5-4-8-13(14)18(20,21)17(25)22-11-10-15-23-24-16(26-15)12-6-2-1-3-7-12/h1-9H,10-11H2,(H,22,25). The van der Waals surface area contributed by atoms with Crippen molar-refractivity contribution in [2.24, 2.45) is 0 Å². The van der Waals surface area contributed by atoms with Crippen LogP contribution in [0.5, 0.6) is 0 Å². The number of amides is 1. The van der Waals surface area contributed by atoms with Gasteiger partial charge in [-0.3, -0.25) is 4.79 Å². The molecule has 3 rings (SSSR count). The van der Waals surface area contributed by atoms with Crippen LogP contribution in [0, 0.1) is 5.82 Å². The molecule has 0 saturated heterocycles. The van der Waals surface area contributed by atoms with Gasteiger partial charge in [0, 0.05) is 18.5 Å². The van der Waals surface area contributed by atoms with Gasteiger partial charge in [0.15, 0.2) is 0 Å². The first-order valence-corrected chi connectivity index (χ1v) is 7.77. The number of nitrogens with one attached hydrogen (secondary N) is 1. The Morgan fingerprint density at radius 3 is 2.46 bits per heavy atom. The summed E-state index contributed by atoms with van der Waals surface area (Å²) in [5, 5.41) is 9.74. The Morgan fingerprint density at radius 1 is 1.04 bits per heavy atom. The molecule has 26 heavy (non-hydrogen) atoms. The third-order valence-corrected chi connectivity index (χ3v) is 3.61. The summed E-state index contributed by atoms with van der Waals surface area (Å²) in [6.07, 6.45) is 0.0684. The van der Waals surface area contributed by atoms with Crippen molar-refractivity contribution in [3.8, 4) is 11.5 Å². The molecule has 1 N–H and O–H groups in total. The van der Waals surface area contributed by atoms with Crippen LogP contribution in [0.25, 0.3) is 11.5 Å². The number of alkyl halides is 2. The van der Waals surface area contributed by atoms with E-state index in [0.717, 1.165) is 17.7 Å². The van der Waals surface area contributed by atoms with Gasteiger partial charge < -0.3 is 9.73 Å². The van der Waals surface area contributed by atoms with Crippen molar-refractivity contribution in [2.45, 2.75) is 12.3 Å². The van der Waals surface area contributed by atoms with E-state index in [1.807, 2.05) is 18.2 Å². The second-order valence-corrected chi connectivity index (χ2v) is 5.43. The highest BCUT2D eigenvalue weighted by atomic mass is 19.3. The number of carbonyl (C=O) groups excluding carboxylic acids is 1. The van der Waals surface area contributed by atoms with Crippen LogP contribution in [-0.2, 0) is 17.1 Å². The Kier molecular flexibility index (Phi) is 5.01. The monoisotopic (exact) mass is 361 g/mol. The maximum atomic E-state index is 14.1. The van der Waals surface area contributed by atoms with Gasteiger partial charge in [-0.05, 0) is 24.3 Å². The molecule has 0 fully saturated rings. The average molecular weight is 361 g/mol. The lowest BCUT2D eigenvalue weighted by Gasteiger charge is -2.16. The van der Waals surface area contributed by atoms with E-state index in [1.54, 1.807) is 12.1 Å². The van der Waals surface area contributed by atoms with Crippen LogP contribution in [0.3, 0.4) is 0 Å². The average Bonchev–Trinajstić information content (AvgIpc) is 3.11. The molecule has 5 nitrogen and oxygen atoms in total. The molecule has 0 spiro atoms. The van der Waals surface area contributed by atoms with Crippen LogP contribution in [-0.4, -0.2) is 22.6 Å². The van der Waals surface area contributed by atoms with Crippen LogP contribution >= 0.6 is 0 Å². The molecular formula is C18H14F3N3O2. The molecule has 134 valence electrons. The fraction of sp³-hybridized carbons (Fsp3) is 0.167. The van der Waals surface area contributed by atoms with Crippen molar-refractivity contribution in [1.29, 1.82) is 0 Å². The molecule has 2 aromatic carbocycles. The van der Waals surface area contributed by atoms with Gasteiger partial charge in [-0.2, -0.15) is 8.78 Å². The highest BCUT2D eigenvalue weighted by Crippen LogP contribution is 2.30. The molecule has 0 aliphatic rings. The normalized spacial score (nSPS) is 11.3. The fourth-order valence-electron chi connectivity index (χ4n) is 2.28. The van der Waals surface area contributed by atoms with E-state index in [9.17, 15) is 18.0 Å². The molecule has 1 heterocycles. The van der Waals surface area contributed by atoms with Gasteiger partial charge in [-0.1, -0.05) is 30.3 Å². The molecule has 0 radical (unpaired) electrons. The minimum Gasteiger partial charge on any atom is -0.421 e. The molecule has 3 aromatic rings. The van der Waals surface area contributed by atoms with E-state index in [1.165, 1.54) is 12.1 Å². The zero-order chi connectivity index (χ0) is 18.6. The van der Waals surface area contributed by atoms with Gasteiger partial charge in [0.05, 0.1) is 5.56 Å². The summed E-state index contributed by atoms with van der Waals surface area (Å²) in [6, 6.07) is 13.3. The Hall–Kier alpha value is -3.16. The first-order chi connectivity index (χ1) is 12.5. The van der Waals surface area contributed by atoms with E-state index in [4.69, 9.17) is 4.42 Å². The first kappa shape index (κ1) is 17.7. The smallest absolute Gasteiger partial charge is 0.352 e. The van der Waals surface area contributed by atoms with Gasteiger partial charge >= 0.3 is 5.92 Å². The number of aromatic nitrogens is 2. The molecule has 8 heteroatoms. The molecule has 0 aliphatic heterocycles. The van der Waals surface area contributed by atoms with Crippen LogP contribution in [0.2, 0.25) is 0 Å². The molecule has 1 amide bonds. The second-order valence-electron chi connectivity index (χ2n) is 5.43. The summed E-state index contributed by atoms with van der Waals surface area (Å²) in [6.45, 7) is -0.153. The number of halogens is 3. The predicted molar refractivity (Wildman–Crippen MR) is 86.7 cm³/mol. The van der Waals surface area contributed by atoms with Crippen molar-refractivity contribution in [1.82, 2.24) is 15.5 Å². The molecule has 0 bridgehead atoms. The summed E-state index contributed by atoms with van der Waals surface area (Å²) in [7, 11) is 0. The molecule has 1 aromatic heterocycles. The molecular weight excluding hydrogens is 347 g/mol. The van der Waals surface area contributed by atoms with E-state index < -0.39 is 23.2 Å². The highest BCUT2D eigenvalue weighted by molar-refractivity contribution is 5.84. The second kappa shape index (κ2) is 7.38. The van der Waals surface area contributed by atoms with Crippen molar-refractivity contribution in [2.75, 3.05) is 6.54 Å². The zero-order valence-corrected chi connectivity index (χ0v) is 13.5. The SMILES string of the molecule is O=C(NCCc1nnc(-c2ccccc2)o1)C(F)(F)c1ccccc1F. The Morgan fingerprint density at radius 2 is 1.73 bits per heavy atom. The van der Waals surface area contributed by atoms with E-state index in [0.29, 0.717) is 5.89 Å². The summed E-state index contributed by atoms with van der Waals surface area (Å²) in [5.74, 6) is -6.22. The fourth-order valence-corrected chi connectivity index (χ4v) is 2.28. The summed E-state index contributed by atoms with van der Waals surface area (Å²) >= 11 is 0. The van der Waals surface area contributed by atoms with Crippen molar-refractivity contribution in [3.63, 3.8) is 0 Å². The molecule has 0 aliphatic carbocycles. The number of rotatable bonds is 6. The highest BCUT2D eigenvalue weighted by Gasteiger charge is 2.42. The van der Waals surface area contributed by atoms with Crippen LogP contribution in [0.4, 0.5) is 13.2 Å². The van der Waals surface area contributed by atoms with Crippen LogP contribution in [0.15, 0.2) is 59.0 Å². The third kappa shape index (κ3) is 3.74. The summed E-state index contributed by atoms with van der Waals surface area (Å²) in [4.78, 5) is 11.7. The van der Waals surface area contributed by atoms with Crippen molar-refractivity contribution >= 4 is 5.91 Å². The van der Waals surface area contributed by atoms with E-state index in [2.05, 4.69) is 15.5 Å². The lowest BCUT2D eigenvalue weighted by atomic mass is 10.1. The van der Waals surface area contributed by atoms with Crippen molar-refractivity contribution in [3.05, 3.63) is 71.9 Å². The number of benzene rings is 2. The maximum Gasteiger partial charge on any atom is 0.352 e. The lowest BCUT2D eigenvalue weighted by Crippen LogP contribution is -2.39. The van der Waals surface area contributed by atoms with Crippen molar-refractivity contribution < 1.29 is 22.4 Å². The molecule has 0 atom stereocenters. The predicted octanol–water partition coefficient (Wildman–Crippen LogP) is 3.33. The van der Waals surface area contributed by atoms with Gasteiger partial charge in [0.2, 0.25) is 11.8 Å². The lowest BCUT2D eigenvalue weighted by molar-refractivity contribution is -0.147. The molecule has 0 saturated carbocycles. The maximum absolute atomic E-state index is 14.1. The van der Waals surface area contributed by atoms with Gasteiger partial charge in [-0.15, -0.1) is 10.2 Å². The zero-order valence-electron chi connectivity index (χ0n) is 13.5. The minimum atomic E-state index is -3.98. The summed E-state index contributed by atoms with van der Waals surface area (Å²) in [5.41, 5.74) is -0.247. The number of nitrogens with zero attached hydrogens (tertiary/aromatic N) is 2. The van der Waals surface area contributed by atoms with Gasteiger partial charge in [-0.25, -0.2) is 4.39 Å². The Labute approximate surface area is 146 Å². The van der Waals surface area contributed by atoms with Gasteiger partial charge in [0.1, 0.15) is 5.82 Å². The number of hydrogen-bond acceptors (Lipinski definition) is 4. The number of carbonyl (C=O) groups is 1. The third-order valence-electron chi connectivity index (χ3n) is 3.61.